The molecular weight excluding hydrogens is 276 g/mol. The summed E-state index contributed by atoms with van der Waals surface area (Å²) in [4.78, 5) is 22.5. The van der Waals surface area contributed by atoms with E-state index in [2.05, 4.69) is 10.6 Å². The van der Waals surface area contributed by atoms with Crippen LogP contribution in [0.2, 0.25) is 0 Å². The Morgan fingerprint density at radius 3 is 2.65 bits per heavy atom. The SMILES string of the molecule is CSCCC(NC(=O)N/C=C/c1ccccc1)C(=O)O. The highest BCUT2D eigenvalue weighted by Crippen LogP contribution is 2.01. The second-order valence-electron chi connectivity index (χ2n) is 4.03. The lowest BCUT2D eigenvalue weighted by Crippen LogP contribution is -2.44. The lowest BCUT2D eigenvalue weighted by Gasteiger charge is -2.13. The molecule has 1 aromatic rings. The van der Waals surface area contributed by atoms with Crippen molar-refractivity contribution in [3.05, 3.63) is 42.1 Å². The van der Waals surface area contributed by atoms with E-state index >= 15 is 0 Å². The summed E-state index contributed by atoms with van der Waals surface area (Å²) in [6, 6.07) is 8.09. The van der Waals surface area contributed by atoms with Crippen molar-refractivity contribution in [3.63, 3.8) is 0 Å². The quantitative estimate of drug-likeness (QED) is 0.720. The molecule has 0 bridgehead atoms. The number of aliphatic carboxylic acids is 1. The normalized spacial score (nSPS) is 12.1. The summed E-state index contributed by atoms with van der Waals surface area (Å²) in [7, 11) is 0. The molecule has 5 nitrogen and oxygen atoms in total. The highest BCUT2D eigenvalue weighted by molar-refractivity contribution is 7.98. The Labute approximate surface area is 122 Å². The molecule has 0 aliphatic rings. The smallest absolute Gasteiger partial charge is 0.326 e. The van der Waals surface area contributed by atoms with Gasteiger partial charge < -0.3 is 15.7 Å². The molecule has 0 saturated heterocycles. The maximum Gasteiger partial charge on any atom is 0.326 e. The summed E-state index contributed by atoms with van der Waals surface area (Å²) in [6.07, 6.45) is 5.50. The Bertz CT molecular complexity index is 463. The van der Waals surface area contributed by atoms with Crippen molar-refractivity contribution in [2.45, 2.75) is 12.5 Å². The van der Waals surface area contributed by atoms with Gasteiger partial charge in [0.2, 0.25) is 0 Å². The van der Waals surface area contributed by atoms with Gasteiger partial charge in [0.15, 0.2) is 0 Å². The van der Waals surface area contributed by atoms with E-state index in [0.29, 0.717) is 12.2 Å². The predicted molar refractivity (Wildman–Crippen MR) is 81.6 cm³/mol. The van der Waals surface area contributed by atoms with E-state index in [1.807, 2.05) is 36.6 Å². The average Bonchev–Trinajstić information content (AvgIpc) is 2.44. The van der Waals surface area contributed by atoms with Crippen LogP contribution in [0.5, 0.6) is 0 Å². The van der Waals surface area contributed by atoms with Crippen LogP contribution in [0, 0.1) is 0 Å². The van der Waals surface area contributed by atoms with Crippen molar-refractivity contribution >= 4 is 29.8 Å². The van der Waals surface area contributed by atoms with Crippen LogP contribution < -0.4 is 10.6 Å². The minimum Gasteiger partial charge on any atom is -0.480 e. The van der Waals surface area contributed by atoms with Gasteiger partial charge in [-0.15, -0.1) is 0 Å². The van der Waals surface area contributed by atoms with Gasteiger partial charge in [-0.25, -0.2) is 9.59 Å². The Hall–Kier alpha value is -1.95. The molecule has 3 N–H and O–H groups in total. The van der Waals surface area contributed by atoms with E-state index in [0.717, 1.165) is 5.56 Å². The predicted octanol–water partition coefficient (Wildman–Crippen LogP) is 2.16. The molecule has 6 heteroatoms. The standard InChI is InChI=1S/C14H18N2O3S/c1-20-10-8-12(13(17)18)16-14(19)15-9-7-11-5-3-2-4-6-11/h2-7,9,12H,8,10H2,1H3,(H,17,18)(H2,15,16,19)/b9-7+. The summed E-state index contributed by atoms with van der Waals surface area (Å²) in [6.45, 7) is 0. The molecule has 1 rings (SSSR count). The third-order valence-corrected chi connectivity index (χ3v) is 3.15. The number of nitrogens with one attached hydrogen (secondary N) is 2. The first kappa shape index (κ1) is 16.1. The molecule has 0 aliphatic carbocycles. The van der Waals surface area contributed by atoms with Gasteiger partial charge in [-0.05, 0) is 30.1 Å². The van der Waals surface area contributed by atoms with Crippen LogP contribution in [-0.2, 0) is 4.79 Å². The minimum absolute atomic E-state index is 0.395. The van der Waals surface area contributed by atoms with Crippen molar-refractivity contribution in [1.29, 1.82) is 0 Å². The highest BCUT2D eigenvalue weighted by Gasteiger charge is 2.18. The largest absolute Gasteiger partial charge is 0.480 e. The van der Waals surface area contributed by atoms with E-state index in [9.17, 15) is 9.59 Å². The van der Waals surface area contributed by atoms with E-state index < -0.39 is 18.0 Å². The van der Waals surface area contributed by atoms with E-state index in [1.165, 1.54) is 6.20 Å². The second kappa shape index (κ2) is 9.03. The first-order valence-electron chi connectivity index (χ1n) is 6.14. The first-order chi connectivity index (χ1) is 9.63. The maximum atomic E-state index is 11.6. The number of hydrogen-bond donors (Lipinski definition) is 3. The van der Waals surface area contributed by atoms with E-state index in [-0.39, 0.29) is 0 Å². The number of amides is 2. The molecule has 0 radical (unpaired) electrons. The number of urea groups is 1. The molecule has 20 heavy (non-hydrogen) atoms. The number of benzene rings is 1. The summed E-state index contributed by atoms with van der Waals surface area (Å²) in [5, 5.41) is 13.9. The fourth-order valence-electron chi connectivity index (χ4n) is 1.47. The van der Waals surface area contributed by atoms with Crippen molar-refractivity contribution in [2.24, 2.45) is 0 Å². The number of carboxylic acids is 1. The molecule has 0 saturated carbocycles. The third-order valence-electron chi connectivity index (χ3n) is 2.50. The summed E-state index contributed by atoms with van der Waals surface area (Å²) in [5.41, 5.74) is 0.949. The van der Waals surface area contributed by atoms with Gasteiger partial charge in [0.1, 0.15) is 6.04 Å². The number of carbonyl (C=O) groups excluding carboxylic acids is 1. The van der Waals surface area contributed by atoms with E-state index in [1.54, 1.807) is 17.8 Å². The molecule has 0 fully saturated rings. The molecule has 1 atom stereocenters. The fraction of sp³-hybridized carbons (Fsp3) is 0.286. The Morgan fingerprint density at radius 1 is 1.35 bits per heavy atom. The van der Waals surface area contributed by atoms with Gasteiger partial charge in [0.05, 0.1) is 0 Å². The lowest BCUT2D eigenvalue weighted by molar-refractivity contribution is -0.139. The van der Waals surface area contributed by atoms with Crippen LogP contribution in [0.15, 0.2) is 36.5 Å². The molecule has 0 heterocycles. The summed E-state index contributed by atoms with van der Waals surface area (Å²) < 4.78 is 0. The highest BCUT2D eigenvalue weighted by atomic mass is 32.2. The van der Waals surface area contributed by atoms with Crippen LogP contribution in [-0.4, -0.2) is 35.2 Å². The molecule has 2 amide bonds. The molecule has 1 unspecified atom stereocenters. The maximum absolute atomic E-state index is 11.6. The molecule has 0 aliphatic heterocycles. The molecule has 0 spiro atoms. The van der Waals surface area contributed by atoms with Gasteiger partial charge in [-0.2, -0.15) is 11.8 Å². The van der Waals surface area contributed by atoms with Crippen molar-refractivity contribution in [2.75, 3.05) is 12.0 Å². The zero-order valence-electron chi connectivity index (χ0n) is 11.2. The number of hydrogen-bond acceptors (Lipinski definition) is 3. The Morgan fingerprint density at radius 2 is 2.05 bits per heavy atom. The molecule has 1 aromatic carbocycles. The third kappa shape index (κ3) is 6.29. The second-order valence-corrected chi connectivity index (χ2v) is 5.02. The zero-order valence-corrected chi connectivity index (χ0v) is 12.0. The molecular formula is C14H18N2O3S. The van der Waals surface area contributed by atoms with Gasteiger partial charge >= 0.3 is 12.0 Å². The van der Waals surface area contributed by atoms with Gasteiger partial charge in [0, 0.05) is 6.20 Å². The number of carbonyl (C=O) groups is 2. The molecule has 0 aromatic heterocycles. The van der Waals surface area contributed by atoms with Gasteiger partial charge in [-0.1, -0.05) is 30.3 Å². The van der Waals surface area contributed by atoms with E-state index in [4.69, 9.17) is 5.11 Å². The summed E-state index contributed by atoms with van der Waals surface area (Å²) >= 11 is 1.54. The topological polar surface area (TPSA) is 78.4 Å². The van der Waals surface area contributed by atoms with Crippen molar-refractivity contribution in [1.82, 2.24) is 10.6 Å². The molecule has 108 valence electrons. The monoisotopic (exact) mass is 294 g/mol. The van der Waals surface area contributed by atoms with Crippen LogP contribution >= 0.6 is 11.8 Å². The van der Waals surface area contributed by atoms with Crippen LogP contribution in [0.25, 0.3) is 6.08 Å². The van der Waals surface area contributed by atoms with Gasteiger partial charge in [0.25, 0.3) is 0 Å². The zero-order chi connectivity index (χ0) is 14.8. The fourth-order valence-corrected chi connectivity index (χ4v) is 1.94. The number of rotatable bonds is 7. The lowest BCUT2D eigenvalue weighted by atomic mass is 10.2. The Balaban J connectivity index is 2.42. The van der Waals surface area contributed by atoms with Crippen molar-refractivity contribution < 1.29 is 14.7 Å². The summed E-state index contributed by atoms with van der Waals surface area (Å²) in [5.74, 6) is -0.349. The Kier molecular flexibility index (Phi) is 7.27. The number of carboxylic acid groups (broad SMARTS) is 1. The van der Waals surface area contributed by atoms with Crippen molar-refractivity contribution in [3.8, 4) is 0 Å². The number of thioether (sulfide) groups is 1. The van der Waals surface area contributed by atoms with Gasteiger partial charge in [-0.3, -0.25) is 0 Å². The van der Waals surface area contributed by atoms with Crippen LogP contribution in [0.3, 0.4) is 0 Å². The first-order valence-corrected chi connectivity index (χ1v) is 7.53. The van der Waals surface area contributed by atoms with Crippen LogP contribution in [0.4, 0.5) is 4.79 Å². The van der Waals surface area contributed by atoms with Crippen LogP contribution in [0.1, 0.15) is 12.0 Å². The average molecular weight is 294 g/mol. The minimum atomic E-state index is -1.03.